The second kappa shape index (κ2) is 5.83. The van der Waals surface area contributed by atoms with E-state index in [9.17, 15) is 14.4 Å². The Kier molecular flexibility index (Phi) is 4.45. The molecule has 0 bridgehead atoms. The van der Waals surface area contributed by atoms with Crippen molar-refractivity contribution in [1.82, 2.24) is 9.55 Å². The number of H-pyrrole nitrogens is 1. The molecule has 1 aromatic heterocycles. The quantitative estimate of drug-likeness (QED) is 0.443. The molecule has 1 N–H and O–H groups in total. The number of carbonyl (C=O) groups is 1. The minimum atomic E-state index is -0.491. The highest BCUT2D eigenvalue weighted by atomic mass is 16.5. The minimum Gasteiger partial charge on any atom is -0.462 e. The average molecular weight is 238 g/mol. The monoisotopic (exact) mass is 238 g/mol. The molecule has 17 heavy (non-hydrogen) atoms. The molecule has 1 heterocycles. The third kappa shape index (κ3) is 3.75. The van der Waals surface area contributed by atoms with Crippen LogP contribution in [0.2, 0.25) is 0 Å². The van der Waals surface area contributed by atoms with E-state index in [0.29, 0.717) is 18.5 Å². The van der Waals surface area contributed by atoms with Crippen molar-refractivity contribution < 1.29 is 9.53 Å². The van der Waals surface area contributed by atoms with Crippen LogP contribution < -0.4 is 11.2 Å². The smallest absolute Gasteiger partial charge is 0.330 e. The van der Waals surface area contributed by atoms with Crippen molar-refractivity contribution in [2.45, 2.75) is 19.9 Å². The molecular formula is C11H14N2O4. The van der Waals surface area contributed by atoms with Gasteiger partial charge in [0.15, 0.2) is 0 Å². The van der Waals surface area contributed by atoms with Crippen molar-refractivity contribution in [3.63, 3.8) is 0 Å². The predicted octanol–water partition coefficient (Wildman–Crippen LogP) is -0.0357. The van der Waals surface area contributed by atoms with Crippen LogP contribution in [0.1, 0.15) is 12.0 Å². The molecule has 1 aromatic rings. The summed E-state index contributed by atoms with van der Waals surface area (Å²) >= 11 is 0. The fraction of sp³-hybridized carbons (Fsp3) is 0.364. The van der Waals surface area contributed by atoms with Crippen LogP contribution in [0.3, 0.4) is 0 Å². The normalized spacial score (nSPS) is 9.94. The molecule has 0 atom stereocenters. The summed E-state index contributed by atoms with van der Waals surface area (Å²) in [6.07, 6.45) is 3.05. The van der Waals surface area contributed by atoms with E-state index < -0.39 is 11.7 Å². The molecule has 0 aliphatic rings. The average Bonchev–Trinajstić information content (AvgIpc) is 2.30. The second-order valence-corrected chi connectivity index (χ2v) is 3.49. The van der Waals surface area contributed by atoms with Crippen LogP contribution in [0.4, 0.5) is 0 Å². The van der Waals surface area contributed by atoms with Crippen molar-refractivity contribution in [2.24, 2.45) is 0 Å². The first-order valence-electron chi connectivity index (χ1n) is 5.14. The molecule has 6 heteroatoms. The SMILES string of the molecule is C=CC(=O)OCCCn1cc(C)c(=O)[nH]c1=O. The summed E-state index contributed by atoms with van der Waals surface area (Å²) in [5.74, 6) is -0.491. The van der Waals surface area contributed by atoms with Gasteiger partial charge in [-0.25, -0.2) is 9.59 Å². The topological polar surface area (TPSA) is 81.2 Å². The number of aromatic amines is 1. The van der Waals surface area contributed by atoms with Gasteiger partial charge in [-0.05, 0) is 13.3 Å². The lowest BCUT2D eigenvalue weighted by molar-refractivity contribution is -0.137. The number of ether oxygens (including phenoxy) is 1. The Morgan fingerprint density at radius 2 is 2.29 bits per heavy atom. The maximum Gasteiger partial charge on any atom is 0.330 e. The number of esters is 1. The highest BCUT2D eigenvalue weighted by Gasteiger charge is 2.01. The Balaban J connectivity index is 2.56. The van der Waals surface area contributed by atoms with Crippen molar-refractivity contribution >= 4 is 5.97 Å². The Morgan fingerprint density at radius 3 is 2.94 bits per heavy atom. The molecule has 0 aromatic carbocycles. The number of aromatic nitrogens is 2. The summed E-state index contributed by atoms with van der Waals surface area (Å²) in [7, 11) is 0. The highest BCUT2D eigenvalue weighted by Crippen LogP contribution is 1.90. The molecule has 0 saturated heterocycles. The second-order valence-electron chi connectivity index (χ2n) is 3.49. The first-order chi connectivity index (χ1) is 8.04. The summed E-state index contributed by atoms with van der Waals surface area (Å²) in [5.41, 5.74) is -0.382. The van der Waals surface area contributed by atoms with Crippen LogP contribution in [0, 0.1) is 6.92 Å². The maximum atomic E-state index is 11.4. The van der Waals surface area contributed by atoms with Gasteiger partial charge in [-0.15, -0.1) is 0 Å². The van der Waals surface area contributed by atoms with E-state index in [4.69, 9.17) is 4.74 Å². The summed E-state index contributed by atoms with van der Waals surface area (Å²) in [6, 6.07) is 0. The van der Waals surface area contributed by atoms with E-state index in [1.807, 2.05) is 0 Å². The van der Waals surface area contributed by atoms with Gasteiger partial charge in [0.25, 0.3) is 5.56 Å². The van der Waals surface area contributed by atoms with Crippen molar-refractivity contribution in [2.75, 3.05) is 6.61 Å². The van der Waals surface area contributed by atoms with Crippen molar-refractivity contribution in [3.8, 4) is 0 Å². The fourth-order valence-electron chi connectivity index (χ4n) is 1.25. The van der Waals surface area contributed by atoms with Crippen LogP contribution in [-0.2, 0) is 16.1 Å². The number of nitrogens with zero attached hydrogens (tertiary/aromatic N) is 1. The van der Waals surface area contributed by atoms with Gasteiger partial charge in [0.2, 0.25) is 0 Å². The predicted molar refractivity (Wildman–Crippen MR) is 61.8 cm³/mol. The van der Waals surface area contributed by atoms with Gasteiger partial charge in [0.1, 0.15) is 0 Å². The van der Waals surface area contributed by atoms with Gasteiger partial charge in [0.05, 0.1) is 6.61 Å². The summed E-state index contributed by atoms with van der Waals surface area (Å²) in [6.45, 7) is 5.46. The van der Waals surface area contributed by atoms with E-state index in [-0.39, 0.29) is 12.2 Å². The lowest BCUT2D eigenvalue weighted by Gasteiger charge is -2.05. The molecule has 92 valence electrons. The number of hydrogen-bond acceptors (Lipinski definition) is 4. The van der Waals surface area contributed by atoms with Gasteiger partial charge < -0.3 is 9.30 Å². The first-order valence-corrected chi connectivity index (χ1v) is 5.14. The van der Waals surface area contributed by atoms with Gasteiger partial charge in [-0.1, -0.05) is 6.58 Å². The number of aryl methyl sites for hydroxylation is 2. The number of rotatable bonds is 5. The van der Waals surface area contributed by atoms with E-state index >= 15 is 0 Å². The third-order valence-corrected chi connectivity index (χ3v) is 2.14. The van der Waals surface area contributed by atoms with Gasteiger partial charge in [-0.3, -0.25) is 9.78 Å². The molecule has 1 rings (SSSR count). The maximum absolute atomic E-state index is 11.4. The lowest BCUT2D eigenvalue weighted by Crippen LogP contribution is -2.31. The first kappa shape index (κ1) is 13.0. The summed E-state index contributed by atoms with van der Waals surface area (Å²) in [4.78, 5) is 35.4. The number of hydrogen-bond donors (Lipinski definition) is 1. The molecule has 0 amide bonds. The summed E-state index contributed by atoms with van der Waals surface area (Å²) in [5, 5.41) is 0. The molecule has 0 spiro atoms. The minimum absolute atomic E-state index is 0.204. The van der Waals surface area contributed by atoms with Crippen molar-refractivity contribution in [3.05, 3.63) is 45.3 Å². The van der Waals surface area contributed by atoms with Crippen LogP contribution in [0.15, 0.2) is 28.4 Å². The standard InChI is InChI=1S/C11H14N2O4/c1-3-9(14)17-6-4-5-13-7-8(2)10(15)12-11(13)16/h3,7H,1,4-6H2,2H3,(H,12,15,16). The van der Waals surface area contributed by atoms with Gasteiger partial charge in [-0.2, -0.15) is 0 Å². The molecule has 0 aliphatic heterocycles. The largest absolute Gasteiger partial charge is 0.462 e. The van der Waals surface area contributed by atoms with Gasteiger partial charge in [0, 0.05) is 24.4 Å². The Bertz CT molecular complexity index is 527. The van der Waals surface area contributed by atoms with Gasteiger partial charge >= 0.3 is 11.7 Å². The van der Waals surface area contributed by atoms with E-state index in [1.165, 1.54) is 10.8 Å². The van der Waals surface area contributed by atoms with Crippen LogP contribution in [0.5, 0.6) is 0 Å². The van der Waals surface area contributed by atoms with Crippen molar-refractivity contribution in [1.29, 1.82) is 0 Å². The molecule has 0 saturated carbocycles. The fourth-order valence-corrected chi connectivity index (χ4v) is 1.25. The zero-order chi connectivity index (χ0) is 12.8. The van der Waals surface area contributed by atoms with E-state index in [1.54, 1.807) is 6.92 Å². The highest BCUT2D eigenvalue weighted by molar-refractivity contribution is 5.81. The molecule has 0 unspecified atom stereocenters. The lowest BCUT2D eigenvalue weighted by atomic mass is 10.3. The van der Waals surface area contributed by atoms with E-state index in [2.05, 4.69) is 11.6 Å². The summed E-state index contributed by atoms with van der Waals surface area (Å²) < 4.78 is 6.14. The Hall–Kier alpha value is -2.11. The third-order valence-electron chi connectivity index (χ3n) is 2.14. The molecular weight excluding hydrogens is 224 g/mol. The molecule has 0 fully saturated rings. The van der Waals surface area contributed by atoms with Crippen LogP contribution in [-0.4, -0.2) is 22.1 Å². The number of nitrogens with one attached hydrogen (secondary N) is 1. The Morgan fingerprint density at radius 1 is 1.59 bits per heavy atom. The molecule has 0 aliphatic carbocycles. The zero-order valence-corrected chi connectivity index (χ0v) is 9.56. The van der Waals surface area contributed by atoms with Crippen LogP contribution >= 0.6 is 0 Å². The molecule has 6 nitrogen and oxygen atoms in total. The van der Waals surface area contributed by atoms with E-state index in [0.717, 1.165) is 6.08 Å². The number of carbonyl (C=O) groups excluding carboxylic acids is 1. The zero-order valence-electron chi connectivity index (χ0n) is 9.56. The Labute approximate surface area is 97.5 Å². The molecule has 0 radical (unpaired) electrons. The van der Waals surface area contributed by atoms with Crippen LogP contribution in [0.25, 0.3) is 0 Å².